The van der Waals surface area contributed by atoms with Gasteiger partial charge in [0.05, 0.1) is 6.20 Å². The fraction of sp³-hybridized carbons (Fsp3) is 0.407. The maximum atomic E-state index is 13.4. The number of para-hydroxylation sites is 1. The molecular weight excluding hydrogens is 454 g/mol. The molecule has 3 amide bonds. The first-order valence-electron chi connectivity index (χ1n) is 12.6. The quantitative estimate of drug-likeness (QED) is 0.589. The summed E-state index contributed by atoms with van der Waals surface area (Å²) in [5.41, 5.74) is 4.70. The molecule has 0 saturated carbocycles. The number of anilines is 2. The molecule has 0 spiro atoms. The van der Waals surface area contributed by atoms with Crippen molar-refractivity contribution in [3.05, 3.63) is 71.2 Å². The summed E-state index contributed by atoms with van der Waals surface area (Å²) in [6, 6.07) is 11.8. The van der Waals surface area contributed by atoms with E-state index < -0.39 is 0 Å². The smallest absolute Gasteiger partial charge is 0.322 e. The standard InChI is InChI=1S/C27H31N7O2/c1-27(2)17-33(15-20-14-29-31-24(20)27)25(35)18-7-10-28-23(13-18)32-11-8-21(9-12-32)34-16-19-5-3-4-6-22(19)30-26(34)36/h3-7,10,13-14,21H,8-9,11-12,15-17H2,1-2H3,(H,29,31)(H,30,36). The number of carbonyl (C=O) groups is 2. The molecule has 2 N–H and O–H groups in total. The van der Waals surface area contributed by atoms with Gasteiger partial charge in [0.2, 0.25) is 0 Å². The number of carbonyl (C=O) groups excluding carboxylic acids is 2. The Labute approximate surface area is 210 Å². The molecule has 1 aromatic carbocycles. The largest absolute Gasteiger partial charge is 0.356 e. The van der Waals surface area contributed by atoms with Gasteiger partial charge in [-0.2, -0.15) is 5.10 Å². The van der Waals surface area contributed by atoms with Crippen LogP contribution in [0.3, 0.4) is 0 Å². The number of nitrogens with one attached hydrogen (secondary N) is 2. The molecule has 3 aliphatic rings. The van der Waals surface area contributed by atoms with Gasteiger partial charge < -0.3 is 20.0 Å². The normalized spacial score (nSPS) is 19.5. The SMILES string of the molecule is CC1(C)CN(C(=O)c2ccnc(N3CCC(N4Cc5ccccc5NC4=O)CC3)c2)Cc2cn[nH]c21. The summed E-state index contributed by atoms with van der Waals surface area (Å²) >= 11 is 0. The Bertz CT molecular complexity index is 1310. The van der Waals surface area contributed by atoms with E-state index >= 15 is 0 Å². The van der Waals surface area contributed by atoms with Gasteiger partial charge in [0.15, 0.2) is 0 Å². The van der Waals surface area contributed by atoms with Crippen molar-refractivity contribution in [2.45, 2.75) is 51.2 Å². The van der Waals surface area contributed by atoms with Crippen LogP contribution in [0, 0.1) is 0 Å². The molecule has 3 aliphatic heterocycles. The molecule has 9 nitrogen and oxygen atoms in total. The average molecular weight is 486 g/mol. The summed E-state index contributed by atoms with van der Waals surface area (Å²) in [6.45, 7) is 7.66. The molecule has 1 fully saturated rings. The number of fused-ring (bicyclic) bond motifs is 2. The van der Waals surface area contributed by atoms with E-state index in [-0.39, 0.29) is 23.4 Å². The molecule has 0 aliphatic carbocycles. The number of urea groups is 1. The van der Waals surface area contributed by atoms with Gasteiger partial charge in [0.1, 0.15) is 5.82 Å². The molecule has 0 bridgehead atoms. The third-order valence-electron chi connectivity index (χ3n) is 7.71. The molecule has 0 atom stereocenters. The lowest BCUT2D eigenvalue weighted by Crippen LogP contribution is -2.50. The summed E-state index contributed by atoms with van der Waals surface area (Å²) in [5.74, 6) is 0.824. The Kier molecular flexibility index (Phi) is 5.43. The second-order valence-corrected chi connectivity index (χ2v) is 10.7. The number of piperidine rings is 1. The molecule has 9 heteroatoms. The van der Waals surface area contributed by atoms with Crippen molar-refractivity contribution in [3.8, 4) is 0 Å². The highest BCUT2D eigenvalue weighted by Gasteiger charge is 2.36. The van der Waals surface area contributed by atoms with Crippen LogP contribution in [0.4, 0.5) is 16.3 Å². The Balaban J connectivity index is 1.12. The van der Waals surface area contributed by atoms with E-state index in [1.807, 2.05) is 40.3 Å². The number of nitrogens with zero attached hydrogens (tertiary/aromatic N) is 5. The zero-order chi connectivity index (χ0) is 24.9. The Morgan fingerprint density at radius 1 is 1.08 bits per heavy atom. The van der Waals surface area contributed by atoms with Gasteiger partial charge in [-0.15, -0.1) is 0 Å². The molecule has 6 rings (SSSR count). The van der Waals surface area contributed by atoms with E-state index in [0.717, 1.165) is 54.3 Å². The van der Waals surface area contributed by atoms with Gasteiger partial charge in [-0.05, 0) is 36.6 Å². The van der Waals surface area contributed by atoms with Gasteiger partial charge in [0.25, 0.3) is 5.91 Å². The number of rotatable bonds is 3. The molecular formula is C27H31N7O2. The molecule has 2 aromatic heterocycles. The first-order valence-corrected chi connectivity index (χ1v) is 12.6. The Hall–Kier alpha value is -3.88. The molecule has 36 heavy (non-hydrogen) atoms. The fourth-order valence-electron chi connectivity index (χ4n) is 5.81. The maximum Gasteiger partial charge on any atom is 0.322 e. The van der Waals surface area contributed by atoms with Gasteiger partial charge in [0, 0.05) is 72.9 Å². The van der Waals surface area contributed by atoms with E-state index in [9.17, 15) is 9.59 Å². The van der Waals surface area contributed by atoms with Crippen LogP contribution >= 0.6 is 0 Å². The highest BCUT2D eigenvalue weighted by Crippen LogP contribution is 2.33. The second-order valence-electron chi connectivity index (χ2n) is 10.7. The molecule has 0 radical (unpaired) electrons. The van der Waals surface area contributed by atoms with Crippen molar-refractivity contribution < 1.29 is 9.59 Å². The summed E-state index contributed by atoms with van der Waals surface area (Å²) in [6.07, 6.45) is 5.26. The number of aromatic nitrogens is 3. The first-order chi connectivity index (χ1) is 17.4. The van der Waals surface area contributed by atoms with Gasteiger partial charge in [-0.25, -0.2) is 9.78 Å². The van der Waals surface area contributed by atoms with E-state index in [4.69, 9.17) is 0 Å². The van der Waals surface area contributed by atoms with Crippen molar-refractivity contribution in [2.75, 3.05) is 29.9 Å². The Morgan fingerprint density at radius 2 is 1.89 bits per heavy atom. The highest BCUT2D eigenvalue weighted by molar-refractivity contribution is 5.95. The zero-order valence-corrected chi connectivity index (χ0v) is 20.7. The number of pyridine rings is 1. The van der Waals surface area contributed by atoms with Crippen molar-refractivity contribution in [3.63, 3.8) is 0 Å². The predicted molar refractivity (Wildman–Crippen MR) is 137 cm³/mol. The lowest BCUT2D eigenvalue weighted by Gasteiger charge is -2.41. The van der Waals surface area contributed by atoms with Crippen molar-refractivity contribution in [1.82, 2.24) is 25.0 Å². The number of amides is 3. The van der Waals surface area contributed by atoms with Crippen molar-refractivity contribution in [1.29, 1.82) is 0 Å². The second kappa shape index (κ2) is 8.65. The number of hydrogen-bond acceptors (Lipinski definition) is 5. The van der Waals surface area contributed by atoms with Crippen LogP contribution < -0.4 is 10.2 Å². The Morgan fingerprint density at radius 3 is 2.72 bits per heavy atom. The minimum atomic E-state index is -0.182. The first kappa shape index (κ1) is 22.6. The van der Waals surface area contributed by atoms with E-state index in [1.165, 1.54) is 0 Å². The van der Waals surface area contributed by atoms with Gasteiger partial charge in [-0.3, -0.25) is 9.89 Å². The fourth-order valence-corrected chi connectivity index (χ4v) is 5.81. The summed E-state index contributed by atoms with van der Waals surface area (Å²) in [5, 5.41) is 10.3. The molecule has 1 saturated heterocycles. The highest BCUT2D eigenvalue weighted by atomic mass is 16.2. The van der Waals surface area contributed by atoms with Crippen LogP contribution in [0.5, 0.6) is 0 Å². The van der Waals surface area contributed by atoms with E-state index in [1.54, 1.807) is 12.3 Å². The summed E-state index contributed by atoms with van der Waals surface area (Å²) < 4.78 is 0. The lowest BCUT2D eigenvalue weighted by atomic mass is 9.83. The minimum Gasteiger partial charge on any atom is -0.356 e. The third-order valence-corrected chi connectivity index (χ3v) is 7.71. The number of hydrogen-bond donors (Lipinski definition) is 2. The van der Waals surface area contributed by atoms with Gasteiger partial charge >= 0.3 is 6.03 Å². The summed E-state index contributed by atoms with van der Waals surface area (Å²) in [7, 11) is 0. The van der Waals surface area contributed by atoms with Crippen LogP contribution in [0.25, 0.3) is 0 Å². The predicted octanol–water partition coefficient (Wildman–Crippen LogP) is 3.75. The van der Waals surface area contributed by atoms with Crippen LogP contribution in [-0.4, -0.2) is 62.6 Å². The topological polar surface area (TPSA) is 97.5 Å². The van der Waals surface area contributed by atoms with Crippen LogP contribution in [-0.2, 0) is 18.5 Å². The number of aromatic amines is 1. The van der Waals surface area contributed by atoms with E-state index in [2.05, 4.69) is 45.3 Å². The van der Waals surface area contributed by atoms with E-state index in [0.29, 0.717) is 25.2 Å². The summed E-state index contributed by atoms with van der Waals surface area (Å²) in [4.78, 5) is 36.8. The minimum absolute atomic E-state index is 0.0112. The molecule has 0 unspecified atom stereocenters. The molecule has 186 valence electrons. The third kappa shape index (κ3) is 3.98. The average Bonchev–Trinajstić information content (AvgIpc) is 3.38. The lowest BCUT2D eigenvalue weighted by molar-refractivity contribution is 0.0684. The van der Waals surface area contributed by atoms with Crippen molar-refractivity contribution in [2.24, 2.45) is 0 Å². The zero-order valence-electron chi connectivity index (χ0n) is 20.7. The van der Waals surface area contributed by atoms with Crippen LogP contribution in [0.1, 0.15) is 53.9 Å². The number of H-pyrrole nitrogens is 1. The number of benzene rings is 1. The van der Waals surface area contributed by atoms with Gasteiger partial charge in [-0.1, -0.05) is 32.0 Å². The van der Waals surface area contributed by atoms with Crippen LogP contribution in [0.2, 0.25) is 0 Å². The molecule has 3 aromatic rings. The monoisotopic (exact) mass is 485 g/mol. The maximum absolute atomic E-state index is 13.4. The molecule has 5 heterocycles. The van der Waals surface area contributed by atoms with Crippen LogP contribution in [0.15, 0.2) is 48.8 Å². The van der Waals surface area contributed by atoms with Crippen molar-refractivity contribution >= 4 is 23.4 Å².